The minimum Gasteiger partial charge on any atom is -0.456 e. The van der Waals surface area contributed by atoms with Crippen LogP contribution in [0.25, 0.3) is 11.8 Å². The van der Waals surface area contributed by atoms with Crippen molar-refractivity contribution in [2.45, 2.75) is 27.7 Å². The molecule has 0 radical (unpaired) electrons. The molecule has 1 aromatic heterocycles. The second kappa shape index (κ2) is 10.6. The summed E-state index contributed by atoms with van der Waals surface area (Å²) in [5.74, 6) is -1.20. The molecule has 7 nitrogen and oxygen atoms in total. The van der Waals surface area contributed by atoms with Gasteiger partial charge < -0.3 is 9.30 Å². The van der Waals surface area contributed by atoms with Crippen molar-refractivity contribution in [1.82, 2.24) is 9.29 Å². The Morgan fingerprint density at radius 2 is 1.68 bits per heavy atom. The molecular weight excluding hydrogens is 452 g/mol. The fourth-order valence-electron chi connectivity index (χ4n) is 3.52. The van der Waals surface area contributed by atoms with Crippen LogP contribution in [-0.2, 0) is 19.6 Å². The van der Waals surface area contributed by atoms with Gasteiger partial charge in [-0.25, -0.2) is 13.1 Å². The summed E-state index contributed by atoms with van der Waals surface area (Å²) in [4.78, 5) is 24.7. The fourth-order valence-corrected chi connectivity index (χ4v) is 4.27. The lowest BCUT2D eigenvalue weighted by Crippen LogP contribution is -2.30. The maximum Gasteiger partial charge on any atom is 0.321 e. The zero-order chi connectivity index (χ0) is 24.9. The van der Waals surface area contributed by atoms with Crippen LogP contribution < -0.4 is 4.72 Å². The first-order chi connectivity index (χ1) is 16.1. The molecule has 178 valence electrons. The van der Waals surface area contributed by atoms with E-state index in [1.807, 2.05) is 50.5 Å². The van der Waals surface area contributed by atoms with E-state index in [1.165, 1.54) is 11.6 Å². The summed E-state index contributed by atoms with van der Waals surface area (Å²) >= 11 is 0. The van der Waals surface area contributed by atoms with Gasteiger partial charge in [-0.1, -0.05) is 36.4 Å². The summed E-state index contributed by atoms with van der Waals surface area (Å²) < 4.78 is 33.3. The molecule has 0 amide bonds. The van der Waals surface area contributed by atoms with Gasteiger partial charge in [-0.15, -0.1) is 0 Å². The zero-order valence-electron chi connectivity index (χ0n) is 19.7. The molecule has 0 saturated heterocycles. The second-order valence-corrected chi connectivity index (χ2v) is 9.70. The predicted octanol–water partition coefficient (Wildman–Crippen LogP) is 4.03. The first-order valence-electron chi connectivity index (χ1n) is 10.8. The van der Waals surface area contributed by atoms with E-state index in [0.717, 1.165) is 28.0 Å². The van der Waals surface area contributed by atoms with E-state index in [9.17, 15) is 18.0 Å². The Bertz CT molecular complexity index is 1340. The van der Waals surface area contributed by atoms with E-state index in [-0.39, 0.29) is 5.78 Å². The zero-order valence-corrected chi connectivity index (χ0v) is 20.5. The summed E-state index contributed by atoms with van der Waals surface area (Å²) in [5, 5.41) is 0.975. The molecule has 8 heteroatoms. The fraction of sp³-hybridized carbons (Fsp3) is 0.231. The molecule has 0 aliphatic rings. The quantitative estimate of drug-likeness (QED) is 0.369. The number of Topliss-reactive ketones (excluding diaryl/α,β-unsaturated/α-hetero) is 1. The third-order valence-corrected chi connectivity index (χ3v) is 6.54. The van der Waals surface area contributed by atoms with Crippen molar-refractivity contribution in [1.29, 1.82) is 0 Å². The number of ketones is 1. The molecule has 0 spiro atoms. The minimum absolute atomic E-state index is 0.358. The number of carbonyl (C=O) groups excluding carboxylic acids is 2. The summed E-state index contributed by atoms with van der Waals surface area (Å²) in [5.41, 5.74) is 6.07. The molecule has 0 atom stereocenters. The highest BCUT2D eigenvalue weighted by Gasteiger charge is 2.19. The second-order valence-electron chi connectivity index (χ2n) is 8.05. The number of aryl methyl sites for hydroxylation is 3. The van der Waals surface area contributed by atoms with Gasteiger partial charge >= 0.3 is 5.97 Å². The first-order valence-corrected chi connectivity index (χ1v) is 12.3. The van der Waals surface area contributed by atoms with E-state index in [1.54, 1.807) is 30.3 Å². The van der Waals surface area contributed by atoms with Gasteiger partial charge in [0.15, 0.2) is 6.61 Å². The highest BCUT2D eigenvalue weighted by atomic mass is 32.2. The number of benzene rings is 2. The molecule has 1 heterocycles. The third kappa shape index (κ3) is 6.30. The highest BCUT2D eigenvalue weighted by molar-refractivity contribution is 7.92. The average Bonchev–Trinajstić information content (AvgIpc) is 3.11. The van der Waals surface area contributed by atoms with Gasteiger partial charge in [-0.05, 0) is 68.7 Å². The molecule has 2 aromatic carbocycles. The number of nitrogens with one attached hydrogen (secondary N) is 1. The van der Waals surface area contributed by atoms with E-state index < -0.39 is 29.1 Å². The number of nitrogens with zero attached hydrogens (tertiary/aromatic N) is 1. The standard InChI is InChI=1S/C26H28N2O5S/c1-18-10-11-23(14-19(18)2)28-20(3)15-24(21(28)4)25(29)17-33-26(30)16-27-34(31,32)13-12-22-8-6-5-7-9-22/h5-15,27H,16-17H2,1-4H3/b13-12+. The van der Waals surface area contributed by atoms with Crippen LogP contribution in [0.5, 0.6) is 0 Å². The van der Waals surface area contributed by atoms with E-state index in [0.29, 0.717) is 11.1 Å². The van der Waals surface area contributed by atoms with Gasteiger partial charge in [0, 0.05) is 28.0 Å². The minimum atomic E-state index is -3.83. The van der Waals surface area contributed by atoms with Crippen molar-refractivity contribution in [3.63, 3.8) is 0 Å². The Kier molecular flexibility index (Phi) is 7.86. The molecule has 3 aromatic rings. The number of aromatic nitrogens is 1. The molecule has 3 rings (SSSR count). The van der Waals surface area contributed by atoms with E-state index >= 15 is 0 Å². The Morgan fingerprint density at radius 3 is 2.35 bits per heavy atom. The third-order valence-electron chi connectivity index (χ3n) is 5.50. The lowest BCUT2D eigenvalue weighted by molar-refractivity contribution is -0.141. The van der Waals surface area contributed by atoms with Crippen LogP contribution in [0.1, 0.15) is 38.4 Å². The molecule has 0 aliphatic carbocycles. The molecule has 0 unspecified atom stereocenters. The summed E-state index contributed by atoms with van der Waals surface area (Å²) in [6.07, 6.45) is 1.42. The number of carbonyl (C=O) groups is 2. The van der Waals surface area contributed by atoms with Crippen LogP contribution in [0, 0.1) is 27.7 Å². The number of hydrogen-bond donors (Lipinski definition) is 1. The lowest BCUT2D eigenvalue weighted by atomic mass is 10.1. The van der Waals surface area contributed by atoms with Crippen molar-refractivity contribution in [3.8, 4) is 5.69 Å². The number of ether oxygens (including phenoxy) is 1. The van der Waals surface area contributed by atoms with Crippen LogP contribution in [-0.4, -0.2) is 37.9 Å². The van der Waals surface area contributed by atoms with Crippen molar-refractivity contribution in [2.24, 2.45) is 0 Å². The molecular formula is C26H28N2O5S. The van der Waals surface area contributed by atoms with Crippen LogP contribution in [0.3, 0.4) is 0 Å². The topological polar surface area (TPSA) is 94.5 Å². The van der Waals surface area contributed by atoms with Crippen LogP contribution >= 0.6 is 0 Å². The summed E-state index contributed by atoms with van der Waals surface area (Å²) in [6, 6.07) is 16.7. The first kappa shape index (κ1) is 25.1. The molecule has 1 N–H and O–H groups in total. The normalized spacial score (nSPS) is 11.6. The van der Waals surface area contributed by atoms with Gasteiger partial charge in [0.25, 0.3) is 0 Å². The Labute approximate surface area is 200 Å². The predicted molar refractivity (Wildman–Crippen MR) is 132 cm³/mol. The Hall–Kier alpha value is -3.49. The van der Waals surface area contributed by atoms with Crippen LogP contribution in [0.4, 0.5) is 0 Å². The average molecular weight is 481 g/mol. The SMILES string of the molecule is Cc1ccc(-n2c(C)cc(C(=O)COC(=O)CNS(=O)(=O)/C=C/c3ccccc3)c2C)cc1C. The smallest absolute Gasteiger partial charge is 0.321 e. The molecule has 0 fully saturated rings. The van der Waals surface area contributed by atoms with Gasteiger partial charge in [0.1, 0.15) is 6.54 Å². The highest BCUT2D eigenvalue weighted by Crippen LogP contribution is 2.23. The van der Waals surface area contributed by atoms with Gasteiger partial charge in [-0.3, -0.25) is 9.59 Å². The number of sulfonamides is 1. The monoisotopic (exact) mass is 480 g/mol. The van der Waals surface area contributed by atoms with E-state index in [2.05, 4.69) is 10.8 Å². The number of esters is 1. The largest absolute Gasteiger partial charge is 0.456 e. The molecule has 0 bridgehead atoms. The lowest BCUT2D eigenvalue weighted by Gasteiger charge is -2.12. The van der Waals surface area contributed by atoms with Crippen LogP contribution in [0.2, 0.25) is 0 Å². The van der Waals surface area contributed by atoms with Gasteiger partial charge in [0.2, 0.25) is 15.8 Å². The molecule has 0 saturated carbocycles. The summed E-state index contributed by atoms with van der Waals surface area (Å²) in [6.45, 7) is 6.77. The van der Waals surface area contributed by atoms with Crippen molar-refractivity contribution in [3.05, 3.63) is 93.6 Å². The van der Waals surface area contributed by atoms with Gasteiger partial charge in [-0.2, -0.15) is 0 Å². The van der Waals surface area contributed by atoms with Crippen molar-refractivity contribution in [2.75, 3.05) is 13.2 Å². The maximum atomic E-state index is 12.7. The van der Waals surface area contributed by atoms with Crippen LogP contribution in [0.15, 0.2) is 60.0 Å². The number of rotatable bonds is 9. The summed E-state index contributed by atoms with van der Waals surface area (Å²) in [7, 11) is -3.83. The van der Waals surface area contributed by atoms with Crippen molar-refractivity contribution >= 4 is 27.9 Å². The Balaban J connectivity index is 1.59. The van der Waals surface area contributed by atoms with E-state index in [4.69, 9.17) is 4.74 Å². The van der Waals surface area contributed by atoms with Gasteiger partial charge in [0.05, 0.1) is 0 Å². The number of hydrogen-bond acceptors (Lipinski definition) is 5. The Morgan fingerprint density at radius 1 is 0.971 bits per heavy atom. The molecule has 0 aliphatic heterocycles. The molecule has 34 heavy (non-hydrogen) atoms. The maximum absolute atomic E-state index is 12.7. The van der Waals surface area contributed by atoms with Crippen molar-refractivity contribution < 1.29 is 22.7 Å².